The van der Waals surface area contributed by atoms with E-state index in [0.717, 1.165) is 0 Å². The van der Waals surface area contributed by atoms with E-state index in [2.05, 4.69) is 0 Å². The van der Waals surface area contributed by atoms with Gasteiger partial charge in [-0.3, -0.25) is 0 Å². The summed E-state index contributed by atoms with van der Waals surface area (Å²) in [5.41, 5.74) is 0. The van der Waals surface area contributed by atoms with Gasteiger partial charge in [0.1, 0.15) is 0 Å². The van der Waals surface area contributed by atoms with Crippen LogP contribution in [0.25, 0.3) is 0 Å². The molecule has 1 N–H and O–H groups in total. The fraction of sp³-hybridized carbons (Fsp3) is 0. The van der Waals surface area contributed by atoms with Crippen molar-refractivity contribution >= 4 is 7.35 Å². The van der Waals surface area contributed by atoms with Crippen molar-refractivity contribution in [2.24, 2.45) is 0 Å². The fourth-order valence-corrected chi connectivity index (χ4v) is 0.385. The molecule has 0 bridgehead atoms. The molecular formula is C6H7BO2. The van der Waals surface area contributed by atoms with Gasteiger partial charge in [-0.1, -0.05) is 36.4 Å². The van der Waals surface area contributed by atoms with Crippen molar-refractivity contribution in [3.05, 3.63) is 36.4 Å². The van der Waals surface area contributed by atoms with Crippen LogP contribution in [0.5, 0.6) is 0 Å². The summed E-state index contributed by atoms with van der Waals surface area (Å²) in [6.45, 7) is 0. The molecule has 0 aliphatic heterocycles. The first-order valence-corrected chi connectivity index (χ1v) is 2.49. The molecule has 1 aromatic rings. The number of hydrogen-bond donors (Lipinski definition) is 1. The molecule has 0 saturated carbocycles. The summed E-state index contributed by atoms with van der Waals surface area (Å²) in [4.78, 5) is 0. The number of benzene rings is 1. The van der Waals surface area contributed by atoms with Crippen LogP contribution in [0.15, 0.2) is 36.4 Å². The second-order valence-corrected chi connectivity index (χ2v) is 1.26. The van der Waals surface area contributed by atoms with Gasteiger partial charge in [-0.15, -0.1) is 0 Å². The van der Waals surface area contributed by atoms with E-state index < -0.39 is 0 Å². The van der Waals surface area contributed by atoms with Gasteiger partial charge in [0.25, 0.3) is 0 Å². The van der Waals surface area contributed by atoms with Gasteiger partial charge in [0.2, 0.25) is 0 Å². The van der Waals surface area contributed by atoms with Crippen LogP contribution in [0.3, 0.4) is 0 Å². The first-order valence-electron chi connectivity index (χ1n) is 2.49. The molecule has 9 heavy (non-hydrogen) atoms. The third-order valence-corrected chi connectivity index (χ3v) is 0.667. The van der Waals surface area contributed by atoms with Crippen molar-refractivity contribution in [2.75, 3.05) is 0 Å². The summed E-state index contributed by atoms with van der Waals surface area (Å²) in [7, 11) is -0.250. The Morgan fingerprint density at radius 2 is 1.00 bits per heavy atom. The molecule has 0 amide bonds. The Bertz CT molecular complexity index is 114. The van der Waals surface area contributed by atoms with Gasteiger partial charge in [-0.05, 0) is 0 Å². The predicted molar refractivity (Wildman–Crippen MR) is 35.1 cm³/mol. The van der Waals surface area contributed by atoms with E-state index >= 15 is 0 Å². The molecule has 0 aliphatic rings. The van der Waals surface area contributed by atoms with Crippen LogP contribution < -0.4 is 0 Å². The normalized spacial score (nSPS) is 6.22. The Morgan fingerprint density at radius 1 is 0.889 bits per heavy atom. The molecule has 1 rings (SSSR count). The van der Waals surface area contributed by atoms with Crippen LogP contribution in [0.2, 0.25) is 0 Å². The number of hydrogen-bond acceptors (Lipinski definition) is 1. The first kappa shape index (κ1) is 7.88. The molecule has 0 heterocycles. The Labute approximate surface area is 54.4 Å². The third kappa shape index (κ3) is 6.88. The minimum atomic E-state index is -0.250. The van der Waals surface area contributed by atoms with E-state index in [-0.39, 0.29) is 7.35 Å². The Balaban J connectivity index is 0.000000187. The molecule has 3 heteroatoms. The molecule has 0 fully saturated rings. The van der Waals surface area contributed by atoms with Gasteiger partial charge in [-0.2, -0.15) is 0 Å². The van der Waals surface area contributed by atoms with Crippen LogP contribution in [0.4, 0.5) is 0 Å². The Morgan fingerprint density at radius 3 is 1.11 bits per heavy atom. The maximum atomic E-state index is 8.36. The van der Waals surface area contributed by atoms with E-state index in [1.54, 1.807) is 0 Å². The third-order valence-electron chi connectivity index (χ3n) is 0.667. The molecule has 0 saturated heterocycles. The quantitative estimate of drug-likeness (QED) is 0.512. The number of rotatable bonds is 0. The van der Waals surface area contributed by atoms with Gasteiger partial charge in [-0.25, -0.2) is 0 Å². The standard InChI is InChI=1S/C6H6.BHO2/c1-2-4-6-5-3-1;2-1-3/h1-6H;2H. The second kappa shape index (κ2) is 6.88. The molecule has 2 nitrogen and oxygen atoms in total. The summed E-state index contributed by atoms with van der Waals surface area (Å²) >= 11 is 0. The summed E-state index contributed by atoms with van der Waals surface area (Å²) < 4.78 is 8.36. The second-order valence-electron chi connectivity index (χ2n) is 1.26. The maximum absolute atomic E-state index is 8.36. The summed E-state index contributed by atoms with van der Waals surface area (Å²) in [5, 5.41) is 6.89. The minimum absolute atomic E-state index is 0.250. The fourth-order valence-electron chi connectivity index (χ4n) is 0.385. The molecule has 0 radical (unpaired) electrons. The van der Waals surface area contributed by atoms with Crippen molar-refractivity contribution in [3.8, 4) is 0 Å². The van der Waals surface area contributed by atoms with Crippen LogP contribution in [0, 0.1) is 0 Å². The van der Waals surface area contributed by atoms with E-state index in [1.165, 1.54) is 0 Å². The maximum Gasteiger partial charge on any atom is -0.0623 e. The monoisotopic (exact) mass is 122 g/mol. The van der Waals surface area contributed by atoms with E-state index in [4.69, 9.17) is 9.73 Å². The zero-order valence-corrected chi connectivity index (χ0v) is 4.90. The molecular weight excluding hydrogens is 115 g/mol. The molecule has 0 unspecified atom stereocenters. The van der Waals surface area contributed by atoms with E-state index in [1.807, 2.05) is 36.4 Å². The first-order chi connectivity index (χ1) is 4.41. The van der Waals surface area contributed by atoms with Crippen molar-refractivity contribution in [1.82, 2.24) is 0 Å². The van der Waals surface area contributed by atoms with Crippen molar-refractivity contribution < 1.29 is 9.73 Å². The molecule has 1 aromatic carbocycles. The Hall–Kier alpha value is -1.12. The molecule has 0 atom stereocenters. The Kier molecular flexibility index (Phi) is 6.03. The smallest absolute Gasteiger partial charge is 0.0623 e. The molecule has 46 valence electrons. The van der Waals surface area contributed by atoms with E-state index in [9.17, 15) is 0 Å². The molecule has 0 aliphatic carbocycles. The average Bonchev–Trinajstić information content (AvgIpc) is 1.93. The zero-order valence-electron chi connectivity index (χ0n) is 4.90. The van der Waals surface area contributed by atoms with E-state index in [0.29, 0.717) is 0 Å². The van der Waals surface area contributed by atoms with Gasteiger partial charge in [0, 0.05) is 0 Å². The van der Waals surface area contributed by atoms with Crippen molar-refractivity contribution in [2.45, 2.75) is 0 Å². The van der Waals surface area contributed by atoms with Gasteiger partial charge < -0.3 is 0 Å². The largest absolute Gasteiger partial charge is 0.0623 e. The molecule has 0 spiro atoms. The minimum Gasteiger partial charge on any atom is -0.0623 e. The SMILES string of the molecule is O=BO.c1ccccc1. The van der Waals surface area contributed by atoms with Crippen LogP contribution in [-0.2, 0) is 4.70 Å². The van der Waals surface area contributed by atoms with Crippen molar-refractivity contribution in [1.29, 1.82) is 0 Å². The van der Waals surface area contributed by atoms with Gasteiger partial charge >= 0.3 is 17.1 Å². The van der Waals surface area contributed by atoms with Crippen LogP contribution in [-0.4, -0.2) is 12.4 Å². The molecule has 0 aromatic heterocycles. The van der Waals surface area contributed by atoms with Gasteiger partial charge in [0.05, 0.1) is 0 Å². The summed E-state index contributed by atoms with van der Waals surface area (Å²) in [5.74, 6) is 0. The summed E-state index contributed by atoms with van der Waals surface area (Å²) in [6.07, 6.45) is 0. The van der Waals surface area contributed by atoms with Crippen molar-refractivity contribution in [3.63, 3.8) is 0 Å². The van der Waals surface area contributed by atoms with Gasteiger partial charge in [0.15, 0.2) is 0 Å². The van der Waals surface area contributed by atoms with Crippen LogP contribution >= 0.6 is 0 Å². The zero-order chi connectivity index (χ0) is 6.95. The topological polar surface area (TPSA) is 37.3 Å². The van der Waals surface area contributed by atoms with Crippen LogP contribution in [0.1, 0.15) is 0 Å². The summed E-state index contributed by atoms with van der Waals surface area (Å²) in [6, 6.07) is 12.0. The average molecular weight is 122 g/mol. The predicted octanol–water partition coefficient (Wildman–Crippen LogP) is 0.630.